The Morgan fingerprint density at radius 1 is 0.764 bits per heavy atom. The molecule has 3 rings (SSSR count). The quantitative estimate of drug-likeness (QED) is 0.0427. The van der Waals surface area contributed by atoms with Gasteiger partial charge in [0.2, 0.25) is 65.0 Å². The van der Waals surface area contributed by atoms with Crippen LogP contribution in [0.2, 0.25) is 0 Å². The van der Waals surface area contributed by atoms with E-state index < -0.39 is 132 Å². The molecule has 1 unspecified atom stereocenters. The Labute approximate surface area is 427 Å². The van der Waals surface area contributed by atoms with E-state index in [1.54, 1.807) is 44.2 Å². The Bertz CT molecular complexity index is 2070. The van der Waals surface area contributed by atoms with Gasteiger partial charge in [-0.3, -0.25) is 52.7 Å². The fourth-order valence-electron chi connectivity index (χ4n) is 7.78. The lowest BCUT2D eigenvalue weighted by Gasteiger charge is -2.31. The molecule has 0 saturated carbocycles. The van der Waals surface area contributed by atoms with Crippen LogP contribution in [-0.4, -0.2) is 155 Å². The number of nitrogens with zero attached hydrogens (tertiary/aromatic N) is 1. The van der Waals surface area contributed by atoms with Crippen molar-refractivity contribution < 1.29 is 52.7 Å². The molecule has 1 aromatic rings. The van der Waals surface area contributed by atoms with Gasteiger partial charge in [0, 0.05) is 36.9 Å². The minimum Gasteiger partial charge on any atom is -0.370 e. The lowest BCUT2D eigenvalue weighted by molar-refractivity contribution is -0.142. The van der Waals surface area contributed by atoms with Crippen molar-refractivity contribution in [3.8, 4) is 0 Å². The van der Waals surface area contributed by atoms with E-state index in [1.165, 1.54) is 4.90 Å². The lowest BCUT2D eigenvalue weighted by atomic mass is 9.96. The Morgan fingerprint density at radius 3 is 2.04 bits per heavy atom. The van der Waals surface area contributed by atoms with Crippen molar-refractivity contribution in [2.75, 3.05) is 31.1 Å². The molecule has 2 fully saturated rings. The molecule has 0 bridgehead atoms. The number of carbonyl (C=O) groups is 11. The van der Waals surface area contributed by atoms with E-state index >= 15 is 0 Å². The Hall–Kier alpha value is -5.99. The molecule has 0 aliphatic carbocycles. The van der Waals surface area contributed by atoms with Gasteiger partial charge >= 0.3 is 0 Å². The smallest absolute Gasteiger partial charge is 0.246 e. The van der Waals surface area contributed by atoms with E-state index in [0.717, 1.165) is 21.6 Å². The van der Waals surface area contributed by atoms with Crippen molar-refractivity contribution in [2.45, 2.75) is 146 Å². The summed E-state index contributed by atoms with van der Waals surface area (Å²) in [5, 5.41) is 21.5. The standard InChI is InChI=1S/C46H73N13O11S2/c1-5-26(4)38-45(69)54-30(14-9-17-35(48)60)41(65)56-32(21-36(49)61)42(66)57-33(24-72-71-23-28(47)39(63)55-31(43(67)58-38)20-27-12-7-6-8-13-27)46(70)59-19-11-16-34(59)44(68)53-29(15-10-18-51-25(2)3)40(64)52-22-37(50)62/h6-8,12-13,25-26,28-34,38,51H,5,9-11,14-24,47H2,1-4H3,(H2,48,60)(H2,49,61)(H2,50,62)(H,52,64)(H,53,68)(H,54,69)(H,55,63)(H,56,65)(H,57,66)(H,58,67)/t26-,28-,29-,30?,31-,32-,33-,34-,38-/m0/s1. The number of benzene rings is 1. The zero-order valence-corrected chi connectivity index (χ0v) is 43.0. The highest BCUT2D eigenvalue weighted by Crippen LogP contribution is 2.26. The highest BCUT2D eigenvalue weighted by atomic mass is 33.1. The van der Waals surface area contributed by atoms with Gasteiger partial charge in [-0.1, -0.05) is 86.0 Å². The summed E-state index contributed by atoms with van der Waals surface area (Å²) in [6, 6.07) is -1.56. The molecule has 9 atom stereocenters. The number of nitrogens with two attached hydrogens (primary N) is 4. The Morgan fingerprint density at radius 2 is 1.40 bits per heavy atom. The number of primary amides is 3. The number of likely N-dealkylation sites (tertiary alicyclic amines) is 1. The topological polar surface area (TPSA) is 391 Å². The fraction of sp³-hybridized carbons (Fsp3) is 0.630. The van der Waals surface area contributed by atoms with Crippen molar-refractivity contribution in [1.29, 1.82) is 0 Å². The third-order valence-corrected chi connectivity index (χ3v) is 14.4. The molecule has 24 nitrogen and oxygen atoms in total. The van der Waals surface area contributed by atoms with Crippen LogP contribution in [0.4, 0.5) is 0 Å². The van der Waals surface area contributed by atoms with Crippen LogP contribution in [0, 0.1) is 5.92 Å². The molecule has 11 amide bonds. The number of hydrogen-bond donors (Lipinski definition) is 12. The molecular weight excluding hydrogens is 975 g/mol. The van der Waals surface area contributed by atoms with E-state index in [2.05, 4.69) is 42.5 Å². The molecule has 2 saturated heterocycles. The first kappa shape index (κ1) is 60.3. The second kappa shape index (κ2) is 30.8. The minimum atomic E-state index is -1.72. The minimum absolute atomic E-state index is 0.00361. The zero-order chi connectivity index (χ0) is 53.5. The normalized spacial score (nSPS) is 23.8. The molecule has 0 radical (unpaired) electrons. The van der Waals surface area contributed by atoms with Gasteiger partial charge in [0.05, 0.1) is 19.0 Å². The van der Waals surface area contributed by atoms with Crippen LogP contribution in [0.25, 0.3) is 0 Å². The third kappa shape index (κ3) is 20.6. The van der Waals surface area contributed by atoms with Gasteiger partial charge in [-0.15, -0.1) is 0 Å². The van der Waals surface area contributed by atoms with E-state index in [9.17, 15) is 52.7 Å². The predicted octanol–water partition coefficient (Wildman–Crippen LogP) is -3.19. The van der Waals surface area contributed by atoms with Gasteiger partial charge in [-0.2, -0.15) is 0 Å². The average molecular weight is 1050 g/mol. The van der Waals surface area contributed by atoms with Crippen molar-refractivity contribution in [2.24, 2.45) is 28.9 Å². The van der Waals surface area contributed by atoms with Gasteiger partial charge in [-0.25, -0.2) is 0 Å². The van der Waals surface area contributed by atoms with E-state index in [-0.39, 0.29) is 62.6 Å². The average Bonchev–Trinajstić information content (AvgIpc) is 3.83. The maximum absolute atomic E-state index is 14.6. The number of carbonyl (C=O) groups excluding carboxylic acids is 11. The van der Waals surface area contributed by atoms with Crippen molar-refractivity contribution in [3.63, 3.8) is 0 Å². The van der Waals surface area contributed by atoms with E-state index in [4.69, 9.17) is 22.9 Å². The molecule has 400 valence electrons. The monoisotopic (exact) mass is 1050 g/mol. The maximum Gasteiger partial charge on any atom is 0.246 e. The third-order valence-electron chi connectivity index (χ3n) is 11.9. The van der Waals surface area contributed by atoms with E-state index in [0.29, 0.717) is 31.4 Å². The van der Waals surface area contributed by atoms with Crippen molar-refractivity contribution in [3.05, 3.63) is 35.9 Å². The van der Waals surface area contributed by atoms with Crippen molar-refractivity contribution >= 4 is 86.6 Å². The van der Waals surface area contributed by atoms with Crippen LogP contribution in [0.3, 0.4) is 0 Å². The predicted molar refractivity (Wildman–Crippen MR) is 270 cm³/mol. The summed E-state index contributed by atoms with van der Waals surface area (Å²) in [6.07, 6.45) is 0.419. The summed E-state index contributed by atoms with van der Waals surface area (Å²) in [5.41, 5.74) is 23.2. The molecule has 72 heavy (non-hydrogen) atoms. The Balaban J connectivity index is 2.04. The molecule has 2 aliphatic heterocycles. The summed E-state index contributed by atoms with van der Waals surface area (Å²) < 4.78 is 0. The molecule has 0 spiro atoms. The van der Waals surface area contributed by atoms with Gasteiger partial charge in [0.15, 0.2) is 0 Å². The molecule has 0 aromatic heterocycles. The largest absolute Gasteiger partial charge is 0.370 e. The number of rotatable bonds is 21. The molecule has 16 N–H and O–H groups in total. The first-order valence-electron chi connectivity index (χ1n) is 24.1. The van der Waals surface area contributed by atoms with E-state index in [1.807, 2.05) is 13.8 Å². The molecule has 26 heteroatoms. The van der Waals surface area contributed by atoms with Gasteiger partial charge < -0.3 is 70.4 Å². The molecule has 2 heterocycles. The SMILES string of the molecule is CC[C@H](C)[C@@H]1NC(=O)[C@H](Cc2ccccc2)NC(=O)[C@@H](N)CSSC[C@@H](C(=O)N2CCC[C@H]2C(=O)N[C@@H](CCCNC(C)C)C(=O)NCC(N)=O)NC(=O)[C@H](CC(N)=O)NC(=O)C(CCCC(N)=O)NC1=O. The second-order valence-electron chi connectivity index (χ2n) is 18.2. The van der Waals surface area contributed by atoms with Crippen LogP contribution in [0.5, 0.6) is 0 Å². The summed E-state index contributed by atoms with van der Waals surface area (Å²) in [7, 11) is 2.11. The van der Waals surface area contributed by atoms with Gasteiger partial charge in [0.25, 0.3) is 0 Å². The number of hydrogen-bond acceptors (Lipinski definition) is 15. The number of amides is 11. The van der Waals surface area contributed by atoms with Crippen LogP contribution >= 0.6 is 21.6 Å². The molecular formula is C46H73N13O11S2. The molecule has 1 aromatic carbocycles. The highest BCUT2D eigenvalue weighted by Gasteiger charge is 2.41. The lowest BCUT2D eigenvalue weighted by Crippen LogP contribution is -2.61. The summed E-state index contributed by atoms with van der Waals surface area (Å²) >= 11 is 0. The fourth-order valence-corrected chi connectivity index (χ4v) is 10.1. The van der Waals surface area contributed by atoms with Crippen LogP contribution < -0.4 is 65.5 Å². The van der Waals surface area contributed by atoms with Crippen molar-refractivity contribution in [1.82, 2.24) is 47.4 Å². The van der Waals surface area contributed by atoms with Gasteiger partial charge in [-0.05, 0) is 56.6 Å². The highest BCUT2D eigenvalue weighted by molar-refractivity contribution is 8.76. The van der Waals surface area contributed by atoms with Crippen LogP contribution in [-0.2, 0) is 59.2 Å². The molecule has 2 aliphatic rings. The maximum atomic E-state index is 14.6. The number of nitrogens with one attached hydrogen (secondary N) is 8. The van der Waals surface area contributed by atoms with Crippen LogP contribution in [0.1, 0.15) is 91.0 Å². The first-order chi connectivity index (χ1) is 34.1. The zero-order valence-electron chi connectivity index (χ0n) is 41.3. The first-order valence-corrected chi connectivity index (χ1v) is 26.6. The van der Waals surface area contributed by atoms with Crippen LogP contribution in [0.15, 0.2) is 30.3 Å². The summed E-state index contributed by atoms with van der Waals surface area (Å²) in [4.78, 5) is 149. The van der Waals surface area contributed by atoms with Gasteiger partial charge in [0.1, 0.15) is 42.3 Å². The second-order valence-corrected chi connectivity index (χ2v) is 20.7. The Kier molecular flexibility index (Phi) is 25.8. The summed E-state index contributed by atoms with van der Waals surface area (Å²) in [5.74, 6) is -9.60. The summed E-state index contributed by atoms with van der Waals surface area (Å²) in [6.45, 7) is 7.47.